The maximum Gasteiger partial charge on any atom is 0.267 e. The van der Waals surface area contributed by atoms with Crippen LogP contribution in [0.1, 0.15) is 17.5 Å². The first-order valence-electron chi connectivity index (χ1n) is 7.95. The maximum atomic E-state index is 12.1. The van der Waals surface area contributed by atoms with Crippen molar-refractivity contribution in [1.82, 2.24) is 5.32 Å². The van der Waals surface area contributed by atoms with Crippen molar-refractivity contribution in [2.75, 3.05) is 11.9 Å². The minimum absolute atomic E-state index is 0.0676. The second-order valence-corrected chi connectivity index (χ2v) is 5.48. The highest BCUT2D eigenvalue weighted by Gasteiger charge is 2.09. The van der Waals surface area contributed by atoms with Crippen LogP contribution in [-0.4, -0.2) is 12.5 Å². The molecule has 0 fully saturated rings. The van der Waals surface area contributed by atoms with E-state index < -0.39 is 5.91 Å². The first-order chi connectivity index (χ1) is 11.7. The van der Waals surface area contributed by atoms with E-state index in [1.165, 1.54) is 11.8 Å². The minimum Gasteiger partial charge on any atom is -0.390 e. The van der Waals surface area contributed by atoms with Gasteiger partial charge in [-0.3, -0.25) is 4.79 Å². The SMILES string of the molecule is Cc1ccccc1NC(=O)/C(C#N)=C\NCCCc1ccccc1. The molecule has 0 unspecified atom stereocenters. The zero-order chi connectivity index (χ0) is 17.2. The summed E-state index contributed by atoms with van der Waals surface area (Å²) in [5, 5.41) is 15.0. The molecule has 2 aromatic carbocycles. The Balaban J connectivity index is 1.82. The quantitative estimate of drug-likeness (QED) is 0.466. The van der Waals surface area contributed by atoms with Crippen LogP contribution in [0.15, 0.2) is 66.4 Å². The van der Waals surface area contributed by atoms with Gasteiger partial charge in [0.15, 0.2) is 0 Å². The molecule has 0 aliphatic carbocycles. The van der Waals surface area contributed by atoms with Gasteiger partial charge in [-0.2, -0.15) is 5.26 Å². The molecule has 4 nitrogen and oxygen atoms in total. The molecule has 4 heteroatoms. The van der Waals surface area contributed by atoms with Crippen molar-refractivity contribution < 1.29 is 4.79 Å². The fourth-order valence-corrected chi connectivity index (χ4v) is 2.26. The van der Waals surface area contributed by atoms with E-state index in [-0.39, 0.29) is 5.57 Å². The van der Waals surface area contributed by atoms with E-state index in [4.69, 9.17) is 5.26 Å². The van der Waals surface area contributed by atoms with Gasteiger partial charge >= 0.3 is 0 Å². The van der Waals surface area contributed by atoms with Gasteiger partial charge < -0.3 is 10.6 Å². The number of benzene rings is 2. The topological polar surface area (TPSA) is 64.9 Å². The lowest BCUT2D eigenvalue weighted by Crippen LogP contribution is -2.17. The van der Waals surface area contributed by atoms with E-state index in [1.54, 1.807) is 0 Å². The van der Waals surface area contributed by atoms with Crippen LogP contribution in [0.2, 0.25) is 0 Å². The average molecular weight is 319 g/mol. The number of anilines is 1. The maximum absolute atomic E-state index is 12.1. The molecule has 0 spiro atoms. The number of aryl methyl sites for hydroxylation is 2. The van der Waals surface area contributed by atoms with E-state index in [0.29, 0.717) is 12.2 Å². The Kier molecular flexibility index (Phi) is 6.60. The molecule has 0 heterocycles. The number of hydrogen-bond donors (Lipinski definition) is 2. The van der Waals surface area contributed by atoms with Crippen LogP contribution < -0.4 is 10.6 Å². The summed E-state index contributed by atoms with van der Waals surface area (Å²) in [5.74, 6) is -0.401. The second-order valence-electron chi connectivity index (χ2n) is 5.48. The summed E-state index contributed by atoms with van der Waals surface area (Å²) in [5.41, 5.74) is 3.02. The van der Waals surface area contributed by atoms with E-state index in [2.05, 4.69) is 22.8 Å². The molecule has 0 aliphatic rings. The highest BCUT2D eigenvalue weighted by atomic mass is 16.1. The van der Waals surface area contributed by atoms with Crippen LogP contribution in [0.4, 0.5) is 5.69 Å². The van der Waals surface area contributed by atoms with E-state index in [0.717, 1.165) is 18.4 Å². The Morgan fingerprint density at radius 3 is 2.54 bits per heavy atom. The summed E-state index contributed by atoms with van der Waals surface area (Å²) in [6.07, 6.45) is 3.37. The normalized spacial score (nSPS) is 10.8. The first kappa shape index (κ1) is 17.3. The summed E-state index contributed by atoms with van der Waals surface area (Å²) in [4.78, 5) is 12.1. The monoisotopic (exact) mass is 319 g/mol. The largest absolute Gasteiger partial charge is 0.390 e. The smallest absolute Gasteiger partial charge is 0.267 e. The molecule has 0 aromatic heterocycles. The molecular weight excluding hydrogens is 298 g/mol. The number of hydrogen-bond acceptors (Lipinski definition) is 3. The fourth-order valence-electron chi connectivity index (χ4n) is 2.26. The fraction of sp³-hybridized carbons (Fsp3) is 0.200. The third-order valence-electron chi connectivity index (χ3n) is 3.63. The van der Waals surface area contributed by atoms with Gasteiger partial charge in [0.05, 0.1) is 0 Å². The lowest BCUT2D eigenvalue weighted by molar-refractivity contribution is -0.112. The highest BCUT2D eigenvalue weighted by Crippen LogP contribution is 2.14. The predicted octanol–water partition coefficient (Wildman–Crippen LogP) is 3.56. The van der Waals surface area contributed by atoms with Crippen LogP contribution in [0, 0.1) is 18.3 Å². The zero-order valence-corrected chi connectivity index (χ0v) is 13.8. The predicted molar refractivity (Wildman–Crippen MR) is 96.3 cm³/mol. The first-order valence-corrected chi connectivity index (χ1v) is 7.95. The van der Waals surface area contributed by atoms with E-state index in [1.807, 2.05) is 55.5 Å². The molecule has 2 aromatic rings. The number of nitriles is 1. The van der Waals surface area contributed by atoms with E-state index >= 15 is 0 Å². The number of amides is 1. The second kappa shape index (κ2) is 9.16. The van der Waals surface area contributed by atoms with Gasteiger partial charge in [-0.25, -0.2) is 0 Å². The number of nitrogens with one attached hydrogen (secondary N) is 2. The molecule has 0 saturated carbocycles. The molecule has 0 atom stereocenters. The van der Waals surface area contributed by atoms with Gasteiger partial charge in [0.1, 0.15) is 11.6 Å². The average Bonchev–Trinajstić information content (AvgIpc) is 2.61. The molecule has 1 amide bonds. The zero-order valence-electron chi connectivity index (χ0n) is 13.8. The van der Waals surface area contributed by atoms with Gasteiger partial charge in [0.2, 0.25) is 0 Å². The number of rotatable bonds is 7. The Labute approximate surface area is 142 Å². The van der Waals surface area contributed by atoms with Crippen LogP contribution in [0.3, 0.4) is 0 Å². The van der Waals surface area contributed by atoms with Crippen molar-refractivity contribution in [2.24, 2.45) is 0 Å². The van der Waals surface area contributed by atoms with Gasteiger partial charge in [0, 0.05) is 18.4 Å². The molecule has 0 aliphatic heterocycles. The van der Waals surface area contributed by atoms with E-state index in [9.17, 15) is 4.79 Å². The van der Waals surface area contributed by atoms with Crippen LogP contribution in [0.25, 0.3) is 0 Å². The van der Waals surface area contributed by atoms with Gasteiger partial charge in [0.25, 0.3) is 5.91 Å². The van der Waals surface area contributed by atoms with Crippen LogP contribution >= 0.6 is 0 Å². The summed E-state index contributed by atoms with van der Waals surface area (Å²) in [6.45, 7) is 2.62. The minimum atomic E-state index is -0.401. The summed E-state index contributed by atoms with van der Waals surface area (Å²) >= 11 is 0. The molecule has 24 heavy (non-hydrogen) atoms. The third kappa shape index (κ3) is 5.29. The molecule has 2 N–H and O–H groups in total. The van der Waals surface area contributed by atoms with Crippen LogP contribution in [0.5, 0.6) is 0 Å². The Hall–Kier alpha value is -3.06. The summed E-state index contributed by atoms with van der Waals surface area (Å²) in [7, 11) is 0. The lowest BCUT2D eigenvalue weighted by atomic mass is 10.1. The summed E-state index contributed by atoms with van der Waals surface area (Å²) in [6, 6.07) is 19.6. The number of carbonyl (C=O) groups excluding carboxylic acids is 1. The van der Waals surface area contributed by atoms with Crippen molar-refractivity contribution in [3.63, 3.8) is 0 Å². The standard InChI is InChI=1S/C20H21N3O/c1-16-8-5-6-12-19(16)23-20(24)18(14-21)15-22-13-7-11-17-9-3-2-4-10-17/h2-6,8-10,12,15,22H,7,11,13H2,1H3,(H,23,24)/b18-15-. The Morgan fingerprint density at radius 1 is 1.12 bits per heavy atom. The summed E-state index contributed by atoms with van der Waals surface area (Å²) < 4.78 is 0. The van der Waals surface area contributed by atoms with Crippen LogP contribution in [-0.2, 0) is 11.2 Å². The molecule has 122 valence electrons. The Morgan fingerprint density at radius 2 is 1.83 bits per heavy atom. The lowest BCUT2D eigenvalue weighted by Gasteiger charge is -2.07. The molecule has 0 saturated heterocycles. The van der Waals surface area contributed by atoms with Crippen molar-refractivity contribution in [3.05, 3.63) is 77.5 Å². The molecule has 0 radical (unpaired) electrons. The number of nitrogens with zero attached hydrogens (tertiary/aromatic N) is 1. The van der Waals surface area contributed by atoms with Gasteiger partial charge in [-0.1, -0.05) is 48.5 Å². The van der Waals surface area contributed by atoms with Crippen molar-refractivity contribution in [3.8, 4) is 6.07 Å². The highest BCUT2D eigenvalue weighted by molar-refractivity contribution is 6.06. The van der Waals surface area contributed by atoms with Gasteiger partial charge in [-0.05, 0) is 37.0 Å². The third-order valence-corrected chi connectivity index (χ3v) is 3.63. The molecule has 0 bridgehead atoms. The number of para-hydroxylation sites is 1. The van der Waals surface area contributed by atoms with Crippen molar-refractivity contribution in [1.29, 1.82) is 5.26 Å². The number of carbonyl (C=O) groups is 1. The Bertz CT molecular complexity index is 745. The van der Waals surface area contributed by atoms with Gasteiger partial charge in [-0.15, -0.1) is 0 Å². The van der Waals surface area contributed by atoms with Crippen molar-refractivity contribution >= 4 is 11.6 Å². The molecule has 2 rings (SSSR count). The van der Waals surface area contributed by atoms with Crippen molar-refractivity contribution in [2.45, 2.75) is 19.8 Å². The molecular formula is C20H21N3O.